The molecule has 0 aliphatic rings. The van der Waals surface area contributed by atoms with E-state index in [9.17, 15) is 9.59 Å². The van der Waals surface area contributed by atoms with Gasteiger partial charge in [-0.2, -0.15) is 0 Å². The lowest BCUT2D eigenvalue weighted by Gasteiger charge is -2.11. The molecule has 0 saturated carbocycles. The summed E-state index contributed by atoms with van der Waals surface area (Å²) >= 11 is 1.58. The molecule has 132 valence electrons. The van der Waals surface area contributed by atoms with E-state index in [0.717, 1.165) is 10.6 Å². The Balaban J connectivity index is 1.96. The van der Waals surface area contributed by atoms with Crippen molar-refractivity contribution in [3.05, 3.63) is 59.7 Å². The van der Waals surface area contributed by atoms with E-state index >= 15 is 0 Å². The second-order valence-corrected chi connectivity index (χ2v) is 6.83. The molecule has 0 aromatic heterocycles. The molecule has 0 aliphatic carbocycles. The minimum Gasteiger partial charge on any atom is -0.491 e. The Morgan fingerprint density at radius 3 is 2.28 bits per heavy atom. The van der Waals surface area contributed by atoms with Gasteiger partial charge in [0.1, 0.15) is 5.75 Å². The van der Waals surface area contributed by atoms with E-state index in [1.165, 1.54) is 0 Å². The molecule has 6 heteroatoms. The van der Waals surface area contributed by atoms with E-state index < -0.39 is 0 Å². The summed E-state index contributed by atoms with van der Waals surface area (Å²) in [5, 5.41) is 0. The standard InChI is InChI=1S/C19H22N2O3S/c1-4-25-17-8-6-5-7-16(17)19(23)21-20-18(22)14-9-11-15(12-10-14)24-13(2)3/h5-13H,4H2,1-3H3,(H,20,22)(H,21,23). The van der Waals surface area contributed by atoms with Crippen molar-refractivity contribution < 1.29 is 14.3 Å². The Bertz CT molecular complexity index is 730. The number of rotatable bonds is 6. The van der Waals surface area contributed by atoms with Gasteiger partial charge in [0, 0.05) is 10.5 Å². The van der Waals surface area contributed by atoms with Crippen molar-refractivity contribution in [3.8, 4) is 5.75 Å². The van der Waals surface area contributed by atoms with Crippen LogP contribution in [-0.2, 0) is 0 Å². The first-order valence-electron chi connectivity index (χ1n) is 8.10. The van der Waals surface area contributed by atoms with Crippen LogP contribution in [0.5, 0.6) is 5.75 Å². The van der Waals surface area contributed by atoms with Crippen LogP contribution in [0.2, 0.25) is 0 Å². The second-order valence-electron chi connectivity index (χ2n) is 5.53. The Labute approximate surface area is 152 Å². The molecule has 2 aromatic rings. The van der Waals surface area contributed by atoms with Gasteiger partial charge in [-0.25, -0.2) is 0 Å². The molecule has 2 N–H and O–H groups in total. The number of carbonyl (C=O) groups is 2. The Kier molecular flexibility index (Phi) is 6.89. The van der Waals surface area contributed by atoms with Gasteiger partial charge < -0.3 is 4.74 Å². The van der Waals surface area contributed by atoms with E-state index in [-0.39, 0.29) is 17.9 Å². The van der Waals surface area contributed by atoms with E-state index in [1.54, 1.807) is 48.2 Å². The van der Waals surface area contributed by atoms with Crippen molar-refractivity contribution in [3.63, 3.8) is 0 Å². The summed E-state index contributed by atoms with van der Waals surface area (Å²) in [5.74, 6) is 0.831. The fourth-order valence-electron chi connectivity index (χ4n) is 2.15. The van der Waals surface area contributed by atoms with Gasteiger partial charge in [-0.15, -0.1) is 11.8 Å². The number of amides is 2. The van der Waals surface area contributed by atoms with Crippen LogP contribution in [0.4, 0.5) is 0 Å². The molecule has 2 rings (SSSR count). The summed E-state index contributed by atoms with van der Waals surface area (Å²) in [4.78, 5) is 25.3. The molecule has 0 aliphatic heterocycles. The summed E-state index contributed by atoms with van der Waals surface area (Å²) in [5.41, 5.74) is 5.87. The van der Waals surface area contributed by atoms with Gasteiger partial charge in [0.2, 0.25) is 0 Å². The maximum atomic E-state index is 12.3. The number of nitrogens with one attached hydrogen (secondary N) is 2. The lowest BCUT2D eigenvalue weighted by molar-refractivity contribution is 0.0845. The molecule has 0 fully saturated rings. The van der Waals surface area contributed by atoms with E-state index in [4.69, 9.17) is 4.74 Å². The summed E-state index contributed by atoms with van der Waals surface area (Å²) in [6.07, 6.45) is 0.0695. The maximum Gasteiger partial charge on any atom is 0.270 e. The van der Waals surface area contributed by atoms with Gasteiger partial charge in [0.15, 0.2) is 0 Å². The lowest BCUT2D eigenvalue weighted by atomic mass is 10.2. The third-order valence-electron chi connectivity index (χ3n) is 3.21. The van der Waals surface area contributed by atoms with Gasteiger partial charge in [-0.1, -0.05) is 19.1 Å². The predicted molar refractivity (Wildman–Crippen MR) is 100.0 cm³/mol. The molecule has 0 unspecified atom stereocenters. The number of benzene rings is 2. The molecule has 2 amide bonds. The van der Waals surface area contributed by atoms with Crippen LogP contribution in [0.15, 0.2) is 53.4 Å². The fourth-order valence-corrected chi connectivity index (χ4v) is 2.95. The number of hydrogen-bond acceptors (Lipinski definition) is 4. The lowest BCUT2D eigenvalue weighted by Crippen LogP contribution is -2.41. The highest BCUT2D eigenvalue weighted by Crippen LogP contribution is 2.22. The van der Waals surface area contributed by atoms with E-state index in [1.807, 2.05) is 32.9 Å². The molecular formula is C19H22N2O3S. The van der Waals surface area contributed by atoms with Crippen LogP contribution in [0.3, 0.4) is 0 Å². The monoisotopic (exact) mass is 358 g/mol. The first-order valence-corrected chi connectivity index (χ1v) is 9.09. The minimum atomic E-state index is -0.384. The highest BCUT2D eigenvalue weighted by molar-refractivity contribution is 7.99. The van der Waals surface area contributed by atoms with Crippen LogP contribution in [0.25, 0.3) is 0 Å². The van der Waals surface area contributed by atoms with Crippen LogP contribution in [0, 0.1) is 0 Å². The average Bonchev–Trinajstić information content (AvgIpc) is 2.60. The molecule has 5 nitrogen and oxygen atoms in total. The maximum absolute atomic E-state index is 12.3. The molecule has 0 saturated heterocycles. The smallest absolute Gasteiger partial charge is 0.270 e. The van der Waals surface area contributed by atoms with Crippen molar-refractivity contribution in [2.75, 3.05) is 5.75 Å². The first kappa shape index (κ1) is 18.9. The van der Waals surface area contributed by atoms with Crippen LogP contribution in [-0.4, -0.2) is 23.7 Å². The van der Waals surface area contributed by atoms with Crippen molar-refractivity contribution in [1.82, 2.24) is 10.9 Å². The molecule has 0 radical (unpaired) electrons. The zero-order valence-electron chi connectivity index (χ0n) is 14.5. The largest absolute Gasteiger partial charge is 0.491 e. The number of hydrogen-bond donors (Lipinski definition) is 2. The zero-order chi connectivity index (χ0) is 18.2. The summed E-state index contributed by atoms with van der Waals surface area (Å²) < 4.78 is 5.54. The zero-order valence-corrected chi connectivity index (χ0v) is 15.4. The fraction of sp³-hybridized carbons (Fsp3) is 0.263. The van der Waals surface area contributed by atoms with Crippen LogP contribution in [0.1, 0.15) is 41.5 Å². The molecular weight excluding hydrogens is 336 g/mol. The Hall–Kier alpha value is -2.47. The number of carbonyl (C=O) groups excluding carboxylic acids is 2. The van der Waals surface area contributed by atoms with Gasteiger partial charge in [-0.05, 0) is 56.0 Å². The Morgan fingerprint density at radius 1 is 1.00 bits per heavy atom. The molecule has 0 heterocycles. The number of thioether (sulfide) groups is 1. The second kappa shape index (κ2) is 9.13. The topological polar surface area (TPSA) is 67.4 Å². The molecule has 0 atom stereocenters. The molecule has 0 spiro atoms. The predicted octanol–water partition coefficient (Wildman–Crippen LogP) is 3.66. The normalized spacial score (nSPS) is 10.4. The third kappa shape index (κ3) is 5.53. The summed E-state index contributed by atoms with van der Waals surface area (Å²) in [7, 11) is 0. The molecule has 0 bridgehead atoms. The van der Waals surface area contributed by atoms with Crippen molar-refractivity contribution in [2.45, 2.75) is 31.8 Å². The summed E-state index contributed by atoms with van der Waals surface area (Å²) in [6.45, 7) is 5.89. The first-order chi connectivity index (χ1) is 12.0. The van der Waals surface area contributed by atoms with E-state index in [2.05, 4.69) is 10.9 Å². The molecule has 25 heavy (non-hydrogen) atoms. The van der Waals surface area contributed by atoms with Gasteiger partial charge in [0.05, 0.1) is 11.7 Å². The van der Waals surface area contributed by atoms with Gasteiger partial charge >= 0.3 is 0 Å². The Morgan fingerprint density at radius 2 is 1.64 bits per heavy atom. The van der Waals surface area contributed by atoms with Crippen LogP contribution < -0.4 is 15.6 Å². The molecule has 2 aromatic carbocycles. The van der Waals surface area contributed by atoms with Crippen molar-refractivity contribution in [1.29, 1.82) is 0 Å². The van der Waals surface area contributed by atoms with Crippen LogP contribution >= 0.6 is 11.8 Å². The van der Waals surface area contributed by atoms with Gasteiger partial charge in [-0.3, -0.25) is 20.4 Å². The van der Waals surface area contributed by atoms with E-state index in [0.29, 0.717) is 16.9 Å². The summed E-state index contributed by atoms with van der Waals surface area (Å²) in [6, 6.07) is 14.1. The number of hydrazine groups is 1. The number of ether oxygens (including phenoxy) is 1. The van der Waals surface area contributed by atoms with Crippen molar-refractivity contribution in [2.24, 2.45) is 0 Å². The third-order valence-corrected chi connectivity index (χ3v) is 4.17. The average molecular weight is 358 g/mol. The SMILES string of the molecule is CCSc1ccccc1C(=O)NNC(=O)c1ccc(OC(C)C)cc1. The highest BCUT2D eigenvalue weighted by Gasteiger charge is 2.12. The minimum absolute atomic E-state index is 0.0695. The quantitative estimate of drug-likeness (QED) is 0.611. The highest BCUT2D eigenvalue weighted by atomic mass is 32.2. The van der Waals surface area contributed by atoms with Gasteiger partial charge in [0.25, 0.3) is 11.8 Å². The van der Waals surface area contributed by atoms with Crippen molar-refractivity contribution >= 4 is 23.6 Å².